The Labute approximate surface area is 181 Å². The van der Waals surface area contributed by atoms with Crippen molar-refractivity contribution < 1.29 is 36.2 Å². The third-order valence-corrected chi connectivity index (χ3v) is 5.27. The van der Waals surface area contributed by atoms with Crippen molar-refractivity contribution >= 4 is 28.6 Å². The highest BCUT2D eigenvalue weighted by Crippen LogP contribution is 2.37. The van der Waals surface area contributed by atoms with E-state index < -0.39 is 29.1 Å². The van der Waals surface area contributed by atoms with Crippen LogP contribution in [0, 0.1) is 11.6 Å². The summed E-state index contributed by atoms with van der Waals surface area (Å²) in [5.41, 5.74) is -1.05. The average Bonchev–Trinajstić information content (AvgIpc) is 3.16. The lowest BCUT2D eigenvalue weighted by molar-refractivity contribution is -0.137. The van der Waals surface area contributed by atoms with Gasteiger partial charge >= 0.3 is 6.18 Å². The fourth-order valence-corrected chi connectivity index (χ4v) is 3.56. The fraction of sp³-hybridized carbons (Fsp3) is 0.222. The molecule has 0 amide bonds. The zero-order valence-corrected chi connectivity index (χ0v) is 17.6. The zero-order valence-electron chi connectivity index (χ0n) is 15.9. The fourth-order valence-electron chi connectivity index (χ4n) is 2.29. The van der Waals surface area contributed by atoms with E-state index in [9.17, 15) is 22.0 Å². The van der Waals surface area contributed by atoms with Crippen LogP contribution in [0.4, 0.5) is 27.1 Å². The van der Waals surface area contributed by atoms with Crippen LogP contribution in [-0.2, 0) is 17.5 Å². The van der Waals surface area contributed by atoms with Gasteiger partial charge in [0.05, 0.1) is 17.6 Å². The summed E-state index contributed by atoms with van der Waals surface area (Å²) < 4.78 is 89.5. The van der Waals surface area contributed by atoms with Crippen molar-refractivity contribution in [1.29, 1.82) is 0 Å². The SMILES string of the molecule is COCc1nsc(NSc2cc(F)c(Oc3cc(OC)cc(C(F)(F)F)c3)cc2F)n1. The molecule has 31 heavy (non-hydrogen) atoms. The highest BCUT2D eigenvalue weighted by Gasteiger charge is 2.32. The predicted octanol–water partition coefficient (Wildman–Crippen LogP) is 5.90. The van der Waals surface area contributed by atoms with Crippen LogP contribution < -0.4 is 14.2 Å². The van der Waals surface area contributed by atoms with Crippen molar-refractivity contribution in [3.8, 4) is 17.2 Å². The molecule has 0 aliphatic rings. The first-order valence-corrected chi connectivity index (χ1v) is 9.96. The third kappa shape index (κ3) is 5.95. The minimum atomic E-state index is -4.67. The van der Waals surface area contributed by atoms with E-state index >= 15 is 0 Å². The number of nitrogens with zero attached hydrogens (tertiary/aromatic N) is 2. The van der Waals surface area contributed by atoms with Gasteiger partial charge in [0, 0.05) is 30.8 Å². The second kappa shape index (κ2) is 9.66. The molecule has 0 fully saturated rings. The molecule has 0 bridgehead atoms. The lowest BCUT2D eigenvalue weighted by Gasteiger charge is -2.13. The topological polar surface area (TPSA) is 65.5 Å². The summed E-state index contributed by atoms with van der Waals surface area (Å²) in [7, 11) is 2.66. The van der Waals surface area contributed by atoms with Crippen LogP contribution in [0.3, 0.4) is 0 Å². The van der Waals surface area contributed by atoms with Crippen LogP contribution in [0.1, 0.15) is 11.4 Å². The molecule has 2 aromatic carbocycles. The molecule has 0 spiro atoms. The molecule has 1 heterocycles. The van der Waals surface area contributed by atoms with Gasteiger partial charge in [-0.1, -0.05) is 0 Å². The van der Waals surface area contributed by atoms with E-state index in [0.29, 0.717) is 17.0 Å². The van der Waals surface area contributed by atoms with Gasteiger partial charge in [-0.3, -0.25) is 0 Å². The number of benzene rings is 2. The van der Waals surface area contributed by atoms with Gasteiger partial charge in [0.1, 0.15) is 23.9 Å². The Morgan fingerprint density at radius 2 is 1.77 bits per heavy atom. The predicted molar refractivity (Wildman–Crippen MR) is 105 cm³/mol. The highest BCUT2D eigenvalue weighted by molar-refractivity contribution is 8.00. The van der Waals surface area contributed by atoms with Crippen LogP contribution in [0.15, 0.2) is 35.2 Å². The smallest absolute Gasteiger partial charge is 0.416 e. The number of hydrogen-bond acceptors (Lipinski definition) is 8. The Kier molecular flexibility index (Phi) is 7.18. The lowest BCUT2D eigenvalue weighted by Crippen LogP contribution is -2.05. The number of rotatable bonds is 8. The summed E-state index contributed by atoms with van der Waals surface area (Å²) in [6.07, 6.45) is -4.67. The Morgan fingerprint density at radius 3 is 2.45 bits per heavy atom. The van der Waals surface area contributed by atoms with Gasteiger partial charge in [-0.2, -0.15) is 17.5 Å². The molecule has 3 rings (SSSR count). The second-order valence-electron chi connectivity index (χ2n) is 5.86. The Hall–Kier alpha value is -2.64. The van der Waals surface area contributed by atoms with Crippen LogP contribution in [0.2, 0.25) is 0 Å². The number of nitrogens with one attached hydrogen (secondary N) is 1. The van der Waals surface area contributed by atoms with Gasteiger partial charge < -0.3 is 18.9 Å². The molecule has 0 aliphatic heterocycles. The average molecular weight is 479 g/mol. The summed E-state index contributed by atoms with van der Waals surface area (Å²) in [4.78, 5) is 3.97. The number of alkyl halides is 3. The third-order valence-electron chi connectivity index (χ3n) is 3.65. The van der Waals surface area contributed by atoms with Gasteiger partial charge in [0.15, 0.2) is 17.4 Å². The van der Waals surface area contributed by atoms with Crippen molar-refractivity contribution in [1.82, 2.24) is 9.36 Å². The molecule has 0 radical (unpaired) electrons. The molecular formula is C18H14F5N3O3S2. The van der Waals surface area contributed by atoms with E-state index in [1.54, 1.807) is 0 Å². The normalized spacial score (nSPS) is 11.5. The van der Waals surface area contributed by atoms with Gasteiger partial charge in [0.2, 0.25) is 5.13 Å². The molecule has 3 aromatic rings. The Morgan fingerprint density at radius 1 is 1.03 bits per heavy atom. The number of anilines is 1. The quantitative estimate of drug-likeness (QED) is 0.319. The molecule has 166 valence electrons. The van der Waals surface area contributed by atoms with Crippen molar-refractivity contribution in [3.63, 3.8) is 0 Å². The molecule has 0 unspecified atom stereocenters. The minimum absolute atomic E-state index is 0.116. The largest absolute Gasteiger partial charge is 0.497 e. The van der Waals surface area contributed by atoms with Crippen molar-refractivity contribution in [2.45, 2.75) is 17.7 Å². The Bertz CT molecular complexity index is 1060. The lowest BCUT2D eigenvalue weighted by atomic mass is 10.2. The molecular weight excluding hydrogens is 465 g/mol. The minimum Gasteiger partial charge on any atom is -0.497 e. The van der Waals surface area contributed by atoms with E-state index in [0.717, 1.165) is 47.7 Å². The number of hydrogen-bond donors (Lipinski definition) is 1. The molecule has 0 saturated heterocycles. The monoisotopic (exact) mass is 479 g/mol. The summed E-state index contributed by atoms with van der Waals surface area (Å²) in [6.45, 7) is 0.207. The van der Waals surface area contributed by atoms with E-state index in [1.165, 1.54) is 14.2 Å². The van der Waals surface area contributed by atoms with Crippen LogP contribution in [-0.4, -0.2) is 23.6 Å². The molecule has 6 nitrogen and oxygen atoms in total. The molecule has 13 heteroatoms. The van der Waals surface area contributed by atoms with Gasteiger partial charge in [-0.05, 0) is 30.1 Å². The first-order valence-electron chi connectivity index (χ1n) is 8.37. The van der Waals surface area contributed by atoms with E-state index in [-0.39, 0.29) is 23.0 Å². The number of aromatic nitrogens is 2. The van der Waals surface area contributed by atoms with E-state index in [4.69, 9.17) is 14.2 Å². The van der Waals surface area contributed by atoms with Crippen molar-refractivity contribution in [3.05, 3.63) is 53.4 Å². The maximum absolute atomic E-state index is 14.4. The van der Waals surface area contributed by atoms with E-state index in [2.05, 4.69) is 14.1 Å². The maximum atomic E-state index is 14.4. The highest BCUT2D eigenvalue weighted by atomic mass is 32.2. The second-order valence-corrected chi connectivity index (χ2v) is 7.46. The van der Waals surface area contributed by atoms with Crippen LogP contribution in [0.25, 0.3) is 0 Å². The molecule has 1 aromatic heterocycles. The van der Waals surface area contributed by atoms with Crippen molar-refractivity contribution in [2.75, 3.05) is 18.9 Å². The molecule has 0 aliphatic carbocycles. The van der Waals surface area contributed by atoms with Gasteiger partial charge in [-0.25, -0.2) is 13.8 Å². The summed E-state index contributed by atoms with van der Waals surface area (Å²) in [5, 5.41) is 0.355. The maximum Gasteiger partial charge on any atom is 0.416 e. The number of halogens is 5. The summed E-state index contributed by atoms with van der Waals surface area (Å²) in [5.74, 6) is -2.48. The number of methoxy groups -OCH3 is 2. The Balaban J connectivity index is 1.77. The number of ether oxygens (including phenoxy) is 3. The van der Waals surface area contributed by atoms with Crippen LogP contribution in [0.5, 0.6) is 17.2 Å². The molecule has 1 N–H and O–H groups in total. The van der Waals surface area contributed by atoms with Gasteiger partial charge in [0.25, 0.3) is 0 Å². The molecule has 0 atom stereocenters. The molecule has 0 saturated carbocycles. The summed E-state index contributed by atoms with van der Waals surface area (Å²) in [6, 6.07) is 4.15. The van der Waals surface area contributed by atoms with E-state index in [1.807, 2.05) is 0 Å². The van der Waals surface area contributed by atoms with Crippen LogP contribution >= 0.6 is 23.5 Å². The van der Waals surface area contributed by atoms with Gasteiger partial charge in [-0.15, -0.1) is 0 Å². The zero-order chi connectivity index (χ0) is 22.6. The first kappa shape index (κ1) is 23.0. The first-order chi connectivity index (χ1) is 14.7. The standard InChI is InChI=1S/C18H14F5N3O3S2/c1-27-8-16-24-17(31-25-16)26-30-15-7-12(19)14(6-13(15)20)29-11-4-9(18(21,22)23)3-10(5-11)28-2/h3-7H,8H2,1-2H3,(H,24,25,26). The summed E-state index contributed by atoms with van der Waals surface area (Å²) >= 11 is 1.76. The van der Waals surface area contributed by atoms with Crippen molar-refractivity contribution in [2.24, 2.45) is 0 Å².